The molecule has 5 heteroatoms. The number of phenolic OH excluding ortho intramolecular Hbond substituents is 1. The summed E-state index contributed by atoms with van der Waals surface area (Å²) < 4.78 is 4.90. The molecule has 0 saturated heterocycles. The Balaban J connectivity index is 0.00000116. The van der Waals surface area contributed by atoms with Gasteiger partial charge in [0.25, 0.3) is 0 Å². The van der Waals surface area contributed by atoms with E-state index in [0.29, 0.717) is 29.3 Å². The summed E-state index contributed by atoms with van der Waals surface area (Å²) >= 11 is 5.90. The second kappa shape index (κ2) is 9.05. The molecule has 0 unspecified atom stereocenters. The molecule has 0 atom stereocenters. The number of halogens is 1. The number of benzene rings is 1. The van der Waals surface area contributed by atoms with Gasteiger partial charge in [0.1, 0.15) is 11.4 Å². The van der Waals surface area contributed by atoms with Crippen LogP contribution < -0.4 is 0 Å². The highest BCUT2D eigenvalue weighted by molar-refractivity contribution is 6.30. The number of pyridine rings is 1. The predicted molar refractivity (Wildman–Crippen MR) is 87.5 cm³/mol. The zero-order chi connectivity index (χ0) is 16.5. The van der Waals surface area contributed by atoms with Gasteiger partial charge in [-0.1, -0.05) is 31.5 Å². The topological polar surface area (TPSA) is 59.4 Å². The quantitative estimate of drug-likeness (QED) is 0.856. The summed E-state index contributed by atoms with van der Waals surface area (Å²) in [6.45, 7) is 6.05. The van der Waals surface area contributed by atoms with Crippen molar-refractivity contribution in [1.29, 1.82) is 0 Å². The Hall–Kier alpha value is -2.07. The van der Waals surface area contributed by atoms with Crippen molar-refractivity contribution in [2.75, 3.05) is 6.61 Å². The van der Waals surface area contributed by atoms with Crippen LogP contribution in [-0.2, 0) is 11.2 Å². The first-order valence-electron chi connectivity index (χ1n) is 7.20. The van der Waals surface area contributed by atoms with E-state index in [2.05, 4.69) is 4.98 Å². The first kappa shape index (κ1) is 18.0. The van der Waals surface area contributed by atoms with Crippen LogP contribution in [0.1, 0.15) is 42.5 Å². The summed E-state index contributed by atoms with van der Waals surface area (Å²) in [5.41, 5.74) is 1.57. The first-order valence-corrected chi connectivity index (χ1v) is 7.58. The summed E-state index contributed by atoms with van der Waals surface area (Å²) in [5, 5.41) is 10.3. The van der Waals surface area contributed by atoms with Crippen LogP contribution in [0.3, 0.4) is 0 Å². The van der Waals surface area contributed by atoms with E-state index in [1.165, 1.54) is 6.07 Å². The second-order valence-corrected chi connectivity index (χ2v) is 4.62. The van der Waals surface area contributed by atoms with Gasteiger partial charge in [-0.25, -0.2) is 9.78 Å². The number of aromatic nitrogens is 1. The zero-order valence-corrected chi connectivity index (χ0v) is 13.7. The summed E-state index contributed by atoms with van der Waals surface area (Å²) in [7, 11) is 0. The Morgan fingerprint density at radius 3 is 2.68 bits per heavy atom. The fraction of sp³-hybridized carbons (Fsp3) is 0.294. The van der Waals surface area contributed by atoms with Gasteiger partial charge in [-0.15, -0.1) is 0 Å². The molecule has 0 aliphatic rings. The zero-order valence-electron chi connectivity index (χ0n) is 13.0. The highest BCUT2D eigenvalue weighted by Crippen LogP contribution is 2.23. The lowest BCUT2D eigenvalue weighted by Gasteiger charge is -2.06. The third-order valence-electron chi connectivity index (χ3n) is 2.70. The minimum absolute atomic E-state index is 0.151. The molecule has 118 valence electrons. The molecule has 0 saturated carbocycles. The van der Waals surface area contributed by atoms with Crippen LogP contribution in [0.4, 0.5) is 0 Å². The van der Waals surface area contributed by atoms with Gasteiger partial charge in [0.2, 0.25) is 0 Å². The number of phenols is 1. The SMILES string of the molecule is CC.CCOC(=O)c1cccc(Cc2cc(Cl)ccc2O)n1. The highest BCUT2D eigenvalue weighted by Gasteiger charge is 2.10. The fourth-order valence-corrected chi connectivity index (χ4v) is 1.98. The maximum atomic E-state index is 11.6. The predicted octanol–water partition coefficient (Wildman–Crippen LogP) is 4.23. The molecule has 2 aromatic rings. The maximum Gasteiger partial charge on any atom is 0.356 e. The molecule has 0 spiro atoms. The van der Waals surface area contributed by atoms with Crippen molar-refractivity contribution in [3.63, 3.8) is 0 Å². The smallest absolute Gasteiger partial charge is 0.356 e. The van der Waals surface area contributed by atoms with Gasteiger partial charge in [-0.3, -0.25) is 0 Å². The number of hydrogen-bond donors (Lipinski definition) is 1. The van der Waals surface area contributed by atoms with Crippen molar-refractivity contribution in [3.05, 3.63) is 58.4 Å². The van der Waals surface area contributed by atoms with Crippen molar-refractivity contribution < 1.29 is 14.6 Å². The molecule has 0 radical (unpaired) electrons. The van der Waals surface area contributed by atoms with Gasteiger partial charge < -0.3 is 9.84 Å². The molecule has 1 N–H and O–H groups in total. The number of rotatable bonds is 4. The molecule has 0 fully saturated rings. The van der Waals surface area contributed by atoms with Crippen LogP contribution in [0.5, 0.6) is 5.75 Å². The van der Waals surface area contributed by atoms with Gasteiger partial charge in [0.15, 0.2) is 0 Å². The number of carbonyl (C=O) groups excluding carboxylic acids is 1. The Morgan fingerprint density at radius 2 is 2.00 bits per heavy atom. The lowest BCUT2D eigenvalue weighted by molar-refractivity contribution is 0.0519. The average molecular weight is 322 g/mol. The summed E-state index contributed by atoms with van der Waals surface area (Å²) in [6.07, 6.45) is 0.389. The Kier molecular flexibility index (Phi) is 7.40. The molecule has 2 rings (SSSR count). The molecule has 22 heavy (non-hydrogen) atoms. The van der Waals surface area contributed by atoms with Crippen LogP contribution in [0.2, 0.25) is 5.02 Å². The van der Waals surface area contributed by atoms with E-state index in [-0.39, 0.29) is 11.4 Å². The number of aromatic hydroxyl groups is 1. The van der Waals surface area contributed by atoms with E-state index in [0.717, 1.165) is 0 Å². The van der Waals surface area contributed by atoms with E-state index < -0.39 is 5.97 Å². The molecule has 0 amide bonds. The first-order chi connectivity index (χ1) is 10.6. The normalized spacial score (nSPS) is 9.64. The Labute approximate surface area is 135 Å². The number of esters is 1. The van der Waals surface area contributed by atoms with Gasteiger partial charge in [0.05, 0.1) is 6.61 Å². The average Bonchev–Trinajstić information content (AvgIpc) is 2.53. The third-order valence-corrected chi connectivity index (χ3v) is 2.94. The lowest BCUT2D eigenvalue weighted by atomic mass is 10.1. The lowest BCUT2D eigenvalue weighted by Crippen LogP contribution is -2.08. The minimum Gasteiger partial charge on any atom is -0.508 e. The maximum absolute atomic E-state index is 11.6. The molecular weight excluding hydrogens is 302 g/mol. The van der Waals surface area contributed by atoms with Crippen LogP contribution in [0.15, 0.2) is 36.4 Å². The fourth-order valence-electron chi connectivity index (χ4n) is 1.79. The van der Waals surface area contributed by atoms with Gasteiger partial charge in [0, 0.05) is 22.7 Å². The van der Waals surface area contributed by atoms with E-state index in [4.69, 9.17) is 16.3 Å². The summed E-state index contributed by atoms with van der Waals surface area (Å²) in [5.74, 6) is -0.303. The molecule has 0 aliphatic carbocycles. The summed E-state index contributed by atoms with van der Waals surface area (Å²) in [4.78, 5) is 15.8. The van der Waals surface area contributed by atoms with Crippen LogP contribution in [-0.4, -0.2) is 22.7 Å². The van der Waals surface area contributed by atoms with Crippen molar-refractivity contribution in [3.8, 4) is 5.75 Å². The van der Waals surface area contributed by atoms with Gasteiger partial charge in [-0.05, 0) is 37.3 Å². The van der Waals surface area contributed by atoms with Gasteiger partial charge >= 0.3 is 5.97 Å². The van der Waals surface area contributed by atoms with Crippen molar-refractivity contribution in [1.82, 2.24) is 4.98 Å². The van der Waals surface area contributed by atoms with Crippen LogP contribution >= 0.6 is 11.6 Å². The molecule has 1 aromatic heterocycles. The molecule has 0 aliphatic heterocycles. The van der Waals surface area contributed by atoms with Crippen molar-refractivity contribution >= 4 is 17.6 Å². The third kappa shape index (κ3) is 5.04. The van der Waals surface area contributed by atoms with E-state index in [1.807, 2.05) is 13.8 Å². The molecule has 4 nitrogen and oxygen atoms in total. The Morgan fingerprint density at radius 1 is 1.27 bits per heavy atom. The van der Waals surface area contributed by atoms with E-state index in [1.54, 1.807) is 37.3 Å². The molecule has 1 aromatic carbocycles. The van der Waals surface area contributed by atoms with Crippen molar-refractivity contribution in [2.24, 2.45) is 0 Å². The number of nitrogens with zero attached hydrogens (tertiary/aromatic N) is 1. The standard InChI is InChI=1S/C15H14ClNO3.C2H6/c1-2-20-15(19)13-5-3-4-12(17-13)9-10-8-11(16)6-7-14(10)18;1-2/h3-8,18H,2,9H2,1H3;1-2H3. The second-order valence-electron chi connectivity index (χ2n) is 4.18. The highest BCUT2D eigenvalue weighted by atomic mass is 35.5. The summed E-state index contributed by atoms with van der Waals surface area (Å²) in [6, 6.07) is 9.93. The van der Waals surface area contributed by atoms with Crippen LogP contribution in [0, 0.1) is 0 Å². The number of carbonyl (C=O) groups is 1. The van der Waals surface area contributed by atoms with Crippen LogP contribution in [0.25, 0.3) is 0 Å². The molecular formula is C17H20ClNO3. The number of ether oxygens (including phenoxy) is 1. The minimum atomic E-state index is -0.454. The van der Waals surface area contributed by atoms with E-state index >= 15 is 0 Å². The Bertz CT molecular complexity index is 629. The number of hydrogen-bond acceptors (Lipinski definition) is 4. The van der Waals surface area contributed by atoms with Crippen molar-refractivity contribution in [2.45, 2.75) is 27.2 Å². The monoisotopic (exact) mass is 321 g/mol. The molecule has 0 bridgehead atoms. The molecule has 1 heterocycles. The van der Waals surface area contributed by atoms with E-state index in [9.17, 15) is 9.90 Å². The largest absolute Gasteiger partial charge is 0.508 e. The van der Waals surface area contributed by atoms with Gasteiger partial charge in [-0.2, -0.15) is 0 Å².